The van der Waals surface area contributed by atoms with Crippen LogP contribution in [-0.2, 0) is 20.1 Å². The Balaban J connectivity index is 2.01. The number of carbonyl (C=O) groups excluding carboxylic acids is 1. The smallest absolute Gasteiger partial charge is 0.292 e. The highest BCUT2D eigenvalue weighted by atomic mass is 79.9. The maximum absolute atomic E-state index is 12.9. The number of fused-ring (bicyclic) bond motifs is 2. The van der Waals surface area contributed by atoms with Crippen LogP contribution in [0.5, 0.6) is 0 Å². The molecular weight excluding hydrogens is 334 g/mol. The fraction of sp³-hybridized carbons (Fsp3) is 0.562. The van der Waals surface area contributed by atoms with E-state index < -0.39 is 5.79 Å². The van der Waals surface area contributed by atoms with Crippen molar-refractivity contribution < 1.29 is 14.3 Å². The van der Waals surface area contributed by atoms with E-state index in [0.717, 1.165) is 28.6 Å². The van der Waals surface area contributed by atoms with Gasteiger partial charge in [-0.2, -0.15) is 0 Å². The first kappa shape index (κ1) is 15.0. The zero-order valence-corrected chi connectivity index (χ0v) is 14.0. The van der Waals surface area contributed by atoms with Crippen LogP contribution in [0.15, 0.2) is 22.7 Å². The molecule has 1 amide bonds. The molecule has 0 bridgehead atoms. The molecule has 5 heteroatoms. The zero-order chi connectivity index (χ0) is 15.0. The van der Waals surface area contributed by atoms with Crippen LogP contribution < -0.4 is 4.90 Å². The number of benzene rings is 1. The summed E-state index contributed by atoms with van der Waals surface area (Å²) in [5.41, 5.74) is 1.73. The third kappa shape index (κ3) is 2.51. The Morgan fingerprint density at radius 1 is 1.33 bits per heavy atom. The molecule has 0 aliphatic carbocycles. The van der Waals surface area contributed by atoms with Crippen molar-refractivity contribution in [3.05, 3.63) is 28.2 Å². The minimum absolute atomic E-state index is 0.0871. The Bertz CT molecular complexity index is 552. The van der Waals surface area contributed by atoms with E-state index >= 15 is 0 Å². The van der Waals surface area contributed by atoms with Crippen LogP contribution in [0.2, 0.25) is 0 Å². The summed E-state index contributed by atoms with van der Waals surface area (Å²) in [6.45, 7) is 6.11. The topological polar surface area (TPSA) is 38.8 Å². The number of amides is 1. The average Bonchev–Trinajstić information content (AvgIpc) is 2.68. The van der Waals surface area contributed by atoms with E-state index in [-0.39, 0.29) is 5.91 Å². The number of rotatable bonds is 3. The van der Waals surface area contributed by atoms with Crippen molar-refractivity contribution in [3.63, 3.8) is 0 Å². The van der Waals surface area contributed by atoms with E-state index in [4.69, 9.17) is 9.47 Å². The Hall–Kier alpha value is -0.910. The molecule has 0 aromatic heterocycles. The molecule has 0 N–H and O–H groups in total. The van der Waals surface area contributed by atoms with E-state index in [0.29, 0.717) is 25.7 Å². The monoisotopic (exact) mass is 353 g/mol. The van der Waals surface area contributed by atoms with Crippen molar-refractivity contribution in [2.75, 3.05) is 24.7 Å². The summed E-state index contributed by atoms with van der Waals surface area (Å²) in [6, 6.07) is 5.86. The average molecular weight is 354 g/mol. The largest absolute Gasteiger partial charge is 0.338 e. The van der Waals surface area contributed by atoms with Gasteiger partial charge in [-0.05, 0) is 37.0 Å². The van der Waals surface area contributed by atoms with Crippen LogP contribution in [-0.4, -0.2) is 25.7 Å². The molecule has 0 atom stereocenters. The Morgan fingerprint density at radius 3 is 2.71 bits per heavy atom. The lowest BCUT2D eigenvalue weighted by Crippen LogP contribution is -2.47. The van der Waals surface area contributed by atoms with Gasteiger partial charge in [0.2, 0.25) is 0 Å². The summed E-state index contributed by atoms with van der Waals surface area (Å²) in [4.78, 5) is 14.7. The van der Waals surface area contributed by atoms with Crippen LogP contribution in [0.3, 0.4) is 0 Å². The molecule has 114 valence electrons. The lowest BCUT2D eigenvalue weighted by molar-refractivity contribution is -0.256. The van der Waals surface area contributed by atoms with Gasteiger partial charge < -0.3 is 14.4 Å². The lowest BCUT2D eigenvalue weighted by Gasteiger charge is -2.32. The summed E-state index contributed by atoms with van der Waals surface area (Å²) in [6.07, 6.45) is 1.78. The number of hydrogen-bond acceptors (Lipinski definition) is 3. The van der Waals surface area contributed by atoms with Gasteiger partial charge in [0.15, 0.2) is 0 Å². The molecule has 1 aromatic carbocycles. The van der Waals surface area contributed by atoms with Gasteiger partial charge in [-0.3, -0.25) is 4.79 Å². The molecule has 1 aromatic rings. The first-order chi connectivity index (χ1) is 10.0. The second kappa shape index (κ2) is 5.71. The van der Waals surface area contributed by atoms with E-state index in [1.54, 1.807) is 0 Å². The van der Waals surface area contributed by atoms with Gasteiger partial charge in [0.1, 0.15) is 0 Å². The number of carbonyl (C=O) groups is 1. The first-order valence-electron chi connectivity index (χ1n) is 7.44. The summed E-state index contributed by atoms with van der Waals surface area (Å²) in [7, 11) is 0. The second-order valence-electron chi connectivity index (χ2n) is 5.97. The van der Waals surface area contributed by atoms with E-state index in [2.05, 4.69) is 29.8 Å². The number of ether oxygens (including phenoxy) is 2. The minimum atomic E-state index is -1.23. The number of anilines is 1. The van der Waals surface area contributed by atoms with Crippen LogP contribution in [0, 0.1) is 5.92 Å². The highest BCUT2D eigenvalue weighted by Crippen LogP contribution is 2.46. The molecule has 1 spiro atoms. The molecule has 2 aliphatic heterocycles. The molecule has 2 heterocycles. The quantitative estimate of drug-likeness (QED) is 0.835. The van der Waals surface area contributed by atoms with Crippen molar-refractivity contribution in [1.82, 2.24) is 0 Å². The van der Waals surface area contributed by atoms with Gasteiger partial charge in [0, 0.05) is 16.6 Å². The van der Waals surface area contributed by atoms with E-state index in [1.165, 1.54) is 0 Å². The minimum Gasteiger partial charge on any atom is -0.338 e. The standard InChI is InChI=1S/C16H20BrNO3/c1-11(2)6-7-18-14-5-4-12(17)10-13(14)16(15(18)19)20-8-3-9-21-16/h4-5,10-11H,3,6-9H2,1-2H3. The number of nitrogens with zero attached hydrogens (tertiary/aromatic N) is 1. The molecule has 4 nitrogen and oxygen atoms in total. The van der Waals surface area contributed by atoms with E-state index in [9.17, 15) is 4.79 Å². The summed E-state index contributed by atoms with van der Waals surface area (Å²) < 4.78 is 12.6. The molecular formula is C16H20BrNO3. The second-order valence-corrected chi connectivity index (χ2v) is 6.88. The molecule has 21 heavy (non-hydrogen) atoms. The number of hydrogen-bond donors (Lipinski definition) is 0. The third-order valence-electron chi connectivity index (χ3n) is 3.96. The normalized spacial score (nSPS) is 20.4. The first-order valence-corrected chi connectivity index (χ1v) is 8.24. The predicted molar refractivity (Wildman–Crippen MR) is 84.1 cm³/mol. The fourth-order valence-electron chi connectivity index (χ4n) is 2.83. The molecule has 2 aliphatic rings. The molecule has 3 rings (SSSR count). The van der Waals surface area contributed by atoms with Crippen LogP contribution in [0.25, 0.3) is 0 Å². The summed E-state index contributed by atoms with van der Waals surface area (Å²) in [5, 5.41) is 0. The highest BCUT2D eigenvalue weighted by molar-refractivity contribution is 9.10. The van der Waals surface area contributed by atoms with Gasteiger partial charge in [-0.1, -0.05) is 29.8 Å². The van der Waals surface area contributed by atoms with Gasteiger partial charge in [0.25, 0.3) is 11.7 Å². The third-order valence-corrected chi connectivity index (χ3v) is 4.45. The summed E-state index contributed by atoms with van der Waals surface area (Å²) >= 11 is 3.48. The predicted octanol–water partition coefficient (Wildman–Crippen LogP) is 3.43. The molecule has 1 saturated heterocycles. The van der Waals surface area contributed by atoms with Gasteiger partial charge in [-0.25, -0.2) is 0 Å². The van der Waals surface area contributed by atoms with Gasteiger partial charge in [-0.15, -0.1) is 0 Å². The van der Waals surface area contributed by atoms with Gasteiger partial charge in [0.05, 0.1) is 18.9 Å². The van der Waals surface area contributed by atoms with Crippen LogP contribution in [0.1, 0.15) is 32.3 Å². The van der Waals surface area contributed by atoms with Crippen molar-refractivity contribution in [2.24, 2.45) is 5.92 Å². The zero-order valence-electron chi connectivity index (χ0n) is 12.4. The Morgan fingerprint density at radius 2 is 2.05 bits per heavy atom. The van der Waals surface area contributed by atoms with Crippen LogP contribution in [0.4, 0.5) is 5.69 Å². The van der Waals surface area contributed by atoms with Crippen molar-refractivity contribution >= 4 is 27.5 Å². The van der Waals surface area contributed by atoms with Crippen molar-refractivity contribution in [1.29, 1.82) is 0 Å². The van der Waals surface area contributed by atoms with E-state index in [1.807, 2.05) is 23.1 Å². The maximum atomic E-state index is 12.9. The summed E-state index contributed by atoms with van der Waals surface area (Å²) in [5.74, 6) is -0.772. The van der Waals surface area contributed by atoms with Crippen molar-refractivity contribution in [3.8, 4) is 0 Å². The Labute approximate surface area is 133 Å². The van der Waals surface area contributed by atoms with Gasteiger partial charge >= 0.3 is 0 Å². The maximum Gasteiger partial charge on any atom is 0.292 e. The highest BCUT2D eigenvalue weighted by Gasteiger charge is 2.54. The SMILES string of the molecule is CC(C)CCN1C(=O)C2(OCCCO2)c2cc(Br)ccc21. The molecule has 0 saturated carbocycles. The molecule has 1 fully saturated rings. The lowest BCUT2D eigenvalue weighted by atomic mass is 10.1. The molecule has 0 radical (unpaired) electrons. The molecule has 0 unspecified atom stereocenters. The number of halogens is 1. The van der Waals surface area contributed by atoms with Crippen molar-refractivity contribution in [2.45, 2.75) is 32.5 Å². The van der Waals surface area contributed by atoms with Crippen LogP contribution >= 0.6 is 15.9 Å². The fourth-order valence-corrected chi connectivity index (χ4v) is 3.19. The Kier molecular flexibility index (Phi) is 4.08.